The number of hydrogen-bond acceptors (Lipinski definition) is 4. The second kappa shape index (κ2) is 4.93. The summed E-state index contributed by atoms with van der Waals surface area (Å²) >= 11 is 0. The highest BCUT2D eigenvalue weighted by Crippen LogP contribution is 2.34. The fourth-order valence-electron chi connectivity index (χ4n) is 3.04. The molecule has 1 fully saturated rings. The Hall–Kier alpha value is -2.27. The quantitative estimate of drug-likeness (QED) is 0.867. The average molecular weight is 284 g/mol. The molecule has 2 aromatic rings. The van der Waals surface area contributed by atoms with Crippen LogP contribution >= 0.6 is 0 Å². The normalized spacial score (nSPS) is 21.2. The first-order valence-corrected chi connectivity index (χ1v) is 7.14. The highest BCUT2D eigenvalue weighted by Gasteiger charge is 2.34. The van der Waals surface area contributed by atoms with Crippen LogP contribution in [0.3, 0.4) is 0 Å². The largest absolute Gasteiger partial charge is 0.491 e. The van der Waals surface area contributed by atoms with Crippen LogP contribution in [-0.2, 0) is 0 Å². The number of piperazine rings is 1. The van der Waals surface area contributed by atoms with Gasteiger partial charge < -0.3 is 19.4 Å². The van der Waals surface area contributed by atoms with Gasteiger partial charge in [-0.15, -0.1) is 0 Å². The van der Waals surface area contributed by atoms with Crippen LogP contribution in [0.4, 0.5) is 0 Å². The van der Waals surface area contributed by atoms with E-state index >= 15 is 0 Å². The molecule has 1 unspecified atom stereocenters. The number of nitrogens with one attached hydrogen (secondary N) is 1. The molecule has 3 heterocycles. The smallest absolute Gasteiger partial charge is 0.258 e. The summed E-state index contributed by atoms with van der Waals surface area (Å²) in [5.41, 5.74) is 2.41. The second-order valence-electron chi connectivity index (χ2n) is 5.36. The van der Waals surface area contributed by atoms with E-state index in [9.17, 15) is 4.79 Å². The molecule has 0 saturated carbocycles. The highest BCUT2D eigenvalue weighted by molar-refractivity contribution is 6.04. The Labute approximate surface area is 122 Å². The van der Waals surface area contributed by atoms with E-state index in [0.717, 1.165) is 24.2 Å². The molecule has 1 atom stereocenters. The summed E-state index contributed by atoms with van der Waals surface area (Å²) in [5, 5.41) is 3.31. The minimum absolute atomic E-state index is 0.0470. The van der Waals surface area contributed by atoms with Crippen LogP contribution < -0.4 is 10.1 Å². The summed E-state index contributed by atoms with van der Waals surface area (Å²) < 4.78 is 11.1. The Morgan fingerprint density at radius 2 is 2.24 bits per heavy atom. The Kier molecular flexibility index (Phi) is 2.93. The van der Waals surface area contributed by atoms with Crippen LogP contribution in [0.2, 0.25) is 0 Å². The minimum atomic E-state index is 0.0470. The lowest BCUT2D eigenvalue weighted by Gasteiger charge is -2.34. The summed E-state index contributed by atoms with van der Waals surface area (Å²) in [6.07, 6.45) is 3.27. The first-order valence-electron chi connectivity index (χ1n) is 7.14. The molecule has 4 rings (SSSR count). The van der Waals surface area contributed by atoms with Gasteiger partial charge in [-0.05, 0) is 12.1 Å². The van der Waals surface area contributed by atoms with Crippen molar-refractivity contribution >= 4 is 5.91 Å². The van der Waals surface area contributed by atoms with E-state index in [1.165, 1.54) is 0 Å². The molecule has 5 heteroatoms. The van der Waals surface area contributed by atoms with Crippen molar-refractivity contribution in [3.63, 3.8) is 0 Å². The molecule has 2 aliphatic heterocycles. The van der Waals surface area contributed by atoms with Gasteiger partial charge in [0.2, 0.25) is 0 Å². The molecule has 1 saturated heterocycles. The fraction of sp³-hybridized carbons (Fsp3) is 0.312. The van der Waals surface area contributed by atoms with Crippen molar-refractivity contribution in [2.45, 2.75) is 6.04 Å². The molecule has 1 N–H and O–H groups in total. The van der Waals surface area contributed by atoms with E-state index in [1.807, 2.05) is 29.2 Å². The number of amides is 1. The Morgan fingerprint density at radius 3 is 3.10 bits per heavy atom. The molecule has 0 aliphatic carbocycles. The molecular formula is C16H16N2O3. The Balaban J connectivity index is 1.84. The van der Waals surface area contributed by atoms with Crippen molar-refractivity contribution in [1.29, 1.82) is 0 Å². The van der Waals surface area contributed by atoms with Gasteiger partial charge in [-0.3, -0.25) is 4.79 Å². The zero-order chi connectivity index (χ0) is 14.2. The highest BCUT2D eigenvalue weighted by atomic mass is 16.5. The van der Waals surface area contributed by atoms with Crippen molar-refractivity contribution in [1.82, 2.24) is 10.2 Å². The van der Waals surface area contributed by atoms with Gasteiger partial charge in [0.05, 0.1) is 24.1 Å². The molecule has 0 bridgehead atoms. The van der Waals surface area contributed by atoms with E-state index < -0.39 is 0 Å². The molecule has 1 amide bonds. The van der Waals surface area contributed by atoms with E-state index in [1.54, 1.807) is 12.5 Å². The molecule has 2 aliphatic rings. The summed E-state index contributed by atoms with van der Waals surface area (Å²) in [5.74, 6) is 0.707. The Morgan fingerprint density at radius 1 is 1.29 bits per heavy atom. The van der Waals surface area contributed by atoms with Crippen LogP contribution in [0.5, 0.6) is 5.75 Å². The first-order chi connectivity index (χ1) is 10.3. The van der Waals surface area contributed by atoms with Gasteiger partial charge in [0, 0.05) is 30.8 Å². The van der Waals surface area contributed by atoms with Crippen LogP contribution in [-0.4, -0.2) is 43.1 Å². The number of fused-ring (bicyclic) bond motifs is 2. The Bertz CT molecular complexity index is 666. The topological polar surface area (TPSA) is 54.7 Å². The predicted molar refractivity (Wildman–Crippen MR) is 77.3 cm³/mol. The monoisotopic (exact) mass is 284 g/mol. The number of furan rings is 1. The third-order valence-corrected chi connectivity index (χ3v) is 4.11. The number of ether oxygens (including phenoxy) is 1. The fourth-order valence-corrected chi connectivity index (χ4v) is 3.04. The lowest BCUT2D eigenvalue weighted by molar-refractivity contribution is 0.0607. The van der Waals surface area contributed by atoms with Crippen molar-refractivity contribution < 1.29 is 13.9 Å². The zero-order valence-corrected chi connectivity index (χ0v) is 11.5. The third kappa shape index (κ3) is 2.01. The van der Waals surface area contributed by atoms with Crippen LogP contribution in [0, 0.1) is 0 Å². The van der Waals surface area contributed by atoms with Crippen molar-refractivity contribution in [3.05, 3.63) is 42.4 Å². The van der Waals surface area contributed by atoms with Crippen LogP contribution in [0.15, 0.2) is 41.2 Å². The van der Waals surface area contributed by atoms with E-state index in [2.05, 4.69) is 5.32 Å². The number of carbonyl (C=O) groups is 1. The molecule has 21 heavy (non-hydrogen) atoms. The summed E-state index contributed by atoms with van der Waals surface area (Å²) in [4.78, 5) is 14.9. The van der Waals surface area contributed by atoms with Crippen molar-refractivity contribution in [3.8, 4) is 16.9 Å². The molecule has 108 valence electrons. The molecule has 1 aromatic carbocycles. The van der Waals surface area contributed by atoms with Gasteiger partial charge >= 0.3 is 0 Å². The number of carbonyl (C=O) groups excluding carboxylic acids is 1. The molecular weight excluding hydrogens is 268 g/mol. The van der Waals surface area contributed by atoms with Gasteiger partial charge in [-0.1, -0.05) is 12.1 Å². The van der Waals surface area contributed by atoms with Gasteiger partial charge in [-0.2, -0.15) is 0 Å². The lowest BCUT2D eigenvalue weighted by atomic mass is 9.99. The second-order valence-corrected chi connectivity index (χ2v) is 5.36. The SMILES string of the molecule is O=C1c2c(cccc2-c2ccoc2)OCC2CNCCN12. The maximum Gasteiger partial charge on any atom is 0.258 e. The van der Waals surface area contributed by atoms with Gasteiger partial charge in [0.15, 0.2) is 0 Å². The van der Waals surface area contributed by atoms with E-state index in [0.29, 0.717) is 24.5 Å². The van der Waals surface area contributed by atoms with E-state index in [4.69, 9.17) is 9.15 Å². The maximum atomic E-state index is 13.0. The summed E-state index contributed by atoms with van der Waals surface area (Å²) in [6, 6.07) is 7.67. The summed E-state index contributed by atoms with van der Waals surface area (Å²) in [7, 11) is 0. The van der Waals surface area contributed by atoms with Crippen LogP contribution in [0.25, 0.3) is 11.1 Å². The number of benzene rings is 1. The standard InChI is InChI=1S/C16H16N2O3/c19-16-15-13(11-4-7-20-9-11)2-1-3-14(15)21-10-12-8-17-5-6-18(12)16/h1-4,7,9,12,17H,5-6,8,10H2. The number of nitrogens with zero attached hydrogens (tertiary/aromatic N) is 1. The zero-order valence-electron chi connectivity index (χ0n) is 11.5. The average Bonchev–Trinajstić information content (AvgIpc) is 3.02. The molecule has 5 nitrogen and oxygen atoms in total. The number of rotatable bonds is 1. The molecule has 0 spiro atoms. The molecule has 1 aromatic heterocycles. The minimum Gasteiger partial charge on any atom is -0.491 e. The lowest BCUT2D eigenvalue weighted by Crippen LogP contribution is -2.54. The van der Waals surface area contributed by atoms with Crippen molar-refractivity contribution in [2.24, 2.45) is 0 Å². The maximum absolute atomic E-state index is 13.0. The van der Waals surface area contributed by atoms with Crippen LogP contribution in [0.1, 0.15) is 10.4 Å². The molecule has 0 radical (unpaired) electrons. The van der Waals surface area contributed by atoms with E-state index in [-0.39, 0.29) is 11.9 Å². The predicted octanol–water partition coefficient (Wildman–Crippen LogP) is 1.75. The summed E-state index contributed by atoms with van der Waals surface area (Å²) in [6.45, 7) is 2.85. The third-order valence-electron chi connectivity index (χ3n) is 4.11. The van der Waals surface area contributed by atoms with Gasteiger partial charge in [-0.25, -0.2) is 0 Å². The first kappa shape index (κ1) is 12.5. The van der Waals surface area contributed by atoms with Gasteiger partial charge in [0.25, 0.3) is 5.91 Å². The van der Waals surface area contributed by atoms with Gasteiger partial charge in [0.1, 0.15) is 12.4 Å². The van der Waals surface area contributed by atoms with Crippen molar-refractivity contribution in [2.75, 3.05) is 26.2 Å². The number of hydrogen-bond donors (Lipinski definition) is 1.